The van der Waals surface area contributed by atoms with E-state index >= 15 is 0 Å². The van der Waals surface area contributed by atoms with E-state index in [1.165, 1.54) is 0 Å². The van der Waals surface area contributed by atoms with Gasteiger partial charge in [-0.25, -0.2) is 4.98 Å². The number of halogens is 1. The van der Waals surface area contributed by atoms with E-state index in [-0.39, 0.29) is 0 Å². The summed E-state index contributed by atoms with van der Waals surface area (Å²) in [7, 11) is 1.80. The van der Waals surface area contributed by atoms with Crippen molar-refractivity contribution in [1.82, 2.24) is 25.3 Å². The Morgan fingerprint density at radius 3 is 2.63 bits per heavy atom. The summed E-state index contributed by atoms with van der Waals surface area (Å²) in [5.74, 6) is 3.06. The second kappa shape index (κ2) is 9.58. The minimum absolute atomic E-state index is 0.566. The van der Waals surface area contributed by atoms with Gasteiger partial charge in [-0.2, -0.15) is 4.98 Å². The van der Waals surface area contributed by atoms with Gasteiger partial charge in [-0.05, 0) is 36.4 Å². The maximum absolute atomic E-state index is 5.93. The molecule has 9 heteroatoms. The average Bonchev–Trinajstić information content (AvgIpc) is 3.27. The van der Waals surface area contributed by atoms with Gasteiger partial charge in [0.15, 0.2) is 5.96 Å². The van der Waals surface area contributed by atoms with Crippen molar-refractivity contribution in [3.63, 3.8) is 0 Å². The number of nitrogens with zero attached hydrogens (tertiary/aromatic N) is 6. The molecular formula is C21H24ClN7O. The number of pyridine rings is 1. The fourth-order valence-corrected chi connectivity index (χ4v) is 3.50. The van der Waals surface area contributed by atoms with Crippen LogP contribution in [0.25, 0.3) is 11.4 Å². The van der Waals surface area contributed by atoms with Gasteiger partial charge in [-0.15, -0.1) is 0 Å². The lowest BCUT2D eigenvalue weighted by molar-refractivity contribution is 0.364. The number of rotatable bonds is 5. The van der Waals surface area contributed by atoms with Crippen LogP contribution in [0.2, 0.25) is 5.02 Å². The Morgan fingerprint density at radius 1 is 1.13 bits per heavy atom. The Hall–Kier alpha value is -3.13. The standard InChI is InChI=1S/C21H24ClN7O/c1-23-21(29-14-12-28(13-15-29)18-4-2-3-10-24-18)25-11-9-19-26-20(27-30-19)16-5-7-17(22)8-6-16/h2-8,10H,9,11-15H2,1H3,(H,23,25). The Balaban J connectivity index is 1.26. The van der Waals surface area contributed by atoms with E-state index in [1.807, 2.05) is 48.7 Å². The predicted molar refractivity (Wildman–Crippen MR) is 118 cm³/mol. The first-order valence-electron chi connectivity index (χ1n) is 9.93. The quantitative estimate of drug-likeness (QED) is 0.497. The number of benzene rings is 1. The van der Waals surface area contributed by atoms with Crippen LogP contribution in [-0.4, -0.2) is 65.8 Å². The van der Waals surface area contributed by atoms with Crippen LogP contribution in [0.1, 0.15) is 5.89 Å². The van der Waals surface area contributed by atoms with Gasteiger partial charge in [0.1, 0.15) is 5.82 Å². The van der Waals surface area contributed by atoms with Gasteiger partial charge in [0.2, 0.25) is 11.7 Å². The van der Waals surface area contributed by atoms with Crippen molar-refractivity contribution in [2.24, 2.45) is 4.99 Å². The molecule has 0 aliphatic carbocycles. The van der Waals surface area contributed by atoms with Crippen LogP contribution in [0, 0.1) is 0 Å². The molecule has 0 unspecified atom stereocenters. The van der Waals surface area contributed by atoms with Crippen LogP contribution >= 0.6 is 11.6 Å². The molecule has 3 aromatic rings. The highest BCUT2D eigenvalue weighted by molar-refractivity contribution is 6.30. The molecule has 3 heterocycles. The molecule has 30 heavy (non-hydrogen) atoms. The van der Waals surface area contributed by atoms with E-state index < -0.39 is 0 Å². The molecular weight excluding hydrogens is 402 g/mol. The zero-order chi connectivity index (χ0) is 20.8. The van der Waals surface area contributed by atoms with E-state index in [4.69, 9.17) is 16.1 Å². The summed E-state index contributed by atoms with van der Waals surface area (Å²) < 4.78 is 5.37. The van der Waals surface area contributed by atoms with Gasteiger partial charge < -0.3 is 19.6 Å². The number of hydrogen-bond acceptors (Lipinski definition) is 6. The Bertz CT molecular complexity index is 967. The molecule has 2 aromatic heterocycles. The van der Waals surface area contributed by atoms with Gasteiger partial charge in [0.05, 0.1) is 0 Å². The fraction of sp³-hybridized carbons (Fsp3) is 0.333. The van der Waals surface area contributed by atoms with Crippen LogP contribution < -0.4 is 10.2 Å². The highest BCUT2D eigenvalue weighted by Gasteiger charge is 2.20. The second-order valence-electron chi connectivity index (χ2n) is 6.90. The maximum atomic E-state index is 5.93. The van der Waals surface area contributed by atoms with Gasteiger partial charge in [-0.1, -0.05) is 22.8 Å². The summed E-state index contributed by atoms with van der Waals surface area (Å²) >= 11 is 5.93. The summed E-state index contributed by atoms with van der Waals surface area (Å²) in [4.78, 5) is 17.9. The van der Waals surface area contributed by atoms with E-state index in [2.05, 4.69) is 35.2 Å². The first-order valence-corrected chi connectivity index (χ1v) is 10.3. The lowest BCUT2D eigenvalue weighted by Gasteiger charge is -2.37. The van der Waals surface area contributed by atoms with Crippen molar-refractivity contribution in [2.45, 2.75) is 6.42 Å². The highest BCUT2D eigenvalue weighted by Crippen LogP contribution is 2.18. The molecule has 0 atom stereocenters. The Kier molecular flexibility index (Phi) is 6.44. The number of nitrogens with one attached hydrogen (secondary N) is 1. The van der Waals surface area contributed by atoms with Crippen LogP contribution in [0.5, 0.6) is 0 Å². The largest absolute Gasteiger partial charge is 0.356 e. The van der Waals surface area contributed by atoms with Gasteiger partial charge >= 0.3 is 0 Å². The second-order valence-corrected chi connectivity index (χ2v) is 7.34. The molecule has 0 bridgehead atoms. The molecule has 1 saturated heterocycles. The fourth-order valence-electron chi connectivity index (χ4n) is 3.37. The summed E-state index contributed by atoms with van der Waals surface area (Å²) in [6.07, 6.45) is 2.45. The maximum Gasteiger partial charge on any atom is 0.228 e. The Labute approximate surface area is 180 Å². The average molecular weight is 426 g/mol. The molecule has 1 aliphatic rings. The number of aromatic nitrogens is 3. The third-order valence-electron chi connectivity index (χ3n) is 4.96. The van der Waals surface area contributed by atoms with Gasteiger partial charge in [-0.3, -0.25) is 4.99 Å². The zero-order valence-electron chi connectivity index (χ0n) is 16.8. The Morgan fingerprint density at radius 2 is 1.93 bits per heavy atom. The normalized spacial score (nSPS) is 14.8. The van der Waals surface area contributed by atoms with E-state index in [0.29, 0.717) is 29.7 Å². The van der Waals surface area contributed by atoms with Gasteiger partial charge in [0, 0.05) is 63.0 Å². The van der Waals surface area contributed by atoms with Gasteiger partial charge in [0.25, 0.3) is 0 Å². The molecule has 0 amide bonds. The van der Waals surface area contributed by atoms with Crippen molar-refractivity contribution >= 4 is 23.4 Å². The molecule has 156 valence electrons. The molecule has 1 aromatic carbocycles. The van der Waals surface area contributed by atoms with Crippen LogP contribution in [0.15, 0.2) is 58.2 Å². The SMILES string of the molecule is CN=C(NCCc1nc(-c2ccc(Cl)cc2)no1)N1CCN(c2ccccn2)CC1. The molecule has 0 spiro atoms. The molecule has 0 radical (unpaired) electrons. The van der Waals surface area contributed by atoms with Crippen molar-refractivity contribution in [1.29, 1.82) is 0 Å². The number of anilines is 1. The van der Waals surface area contributed by atoms with Crippen molar-refractivity contribution in [3.05, 3.63) is 59.6 Å². The van der Waals surface area contributed by atoms with E-state index in [0.717, 1.165) is 43.5 Å². The summed E-state index contributed by atoms with van der Waals surface area (Å²) in [6.45, 7) is 4.25. The summed E-state index contributed by atoms with van der Waals surface area (Å²) in [6, 6.07) is 13.4. The zero-order valence-corrected chi connectivity index (χ0v) is 17.6. The van der Waals surface area contributed by atoms with Crippen LogP contribution in [0.4, 0.5) is 5.82 Å². The number of guanidine groups is 1. The molecule has 4 rings (SSSR count). The lowest BCUT2D eigenvalue weighted by Crippen LogP contribution is -2.53. The predicted octanol–water partition coefficient (Wildman–Crippen LogP) is 2.73. The minimum atomic E-state index is 0.566. The van der Waals surface area contributed by atoms with Crippen molar-refractivity contribution in [3.8, 4) is 11.4 Å². The first-order chi connectivity index (χ1) is 14.7. The van der Waals surface area contributed by atoms with E-state index in [9.17, 15) is 0 Å². The minimum Gasteiger partial charge on any atom is -0.356 e. The summed E-state index contributed by atoms with van der Waals surface area (Å²) in [5, 5.41) is 8.13. The van der Waals surface area contributed by atoms with Crippen molar-refractivity contribution < 1.29 is 4.52 Å². The number of hydrogen-bond donors (Lipinski definition) is 1. The molecule has 1 aliphatic heterocycles. The third kappa shape index (κ3) is 4.88. The lowest BCUT2D eigenvalue weighted by atomic mass is 10.2. The molecule has 1 fully saturated rings. The number of aliphatic imine (C=N–C) groups is 1. The molecule has 1 N–H and O–H groups in total. The summed E-state index contributed by atoms with van der Waals surface area (Å²) in [5.41, 5.74) is 0.879. The highest BCUT2D eigenvalue weighted by atomic mass is 35.5. The first kappa shape index (κ1) is 20.2. The van der Waals surface area contributed by atoms with Crippen LogP contribution in [-0.2, 0) is 6.42 Å². The molecule has 8 nitrogen and oxygen atoms in total. The monoisotopic (exact) mass is 425 g/mol. The van der Waals surface area contributed by atoms with E-state index in [1.54, 1.807) is 7.05 Å². The van der Waals surface area contributed by atoms with Crippen molar-refractivity contribution in [2.75, 3.05) is 44.7 Å². The molecule has 0 saturated carbocycles. The smallest absolute Gasteiger partial charge is 0.228 e. The topological polar surface area (TPSA) is 82.7 Å². The number of piperazine rings is 1. The van der Waals surface area contributed by atoms with Crippen LogP contribution in [0.3, 0.4) is 0 Å². The third-order valence-corrected chi connectivity index (χ3v) is 5.21.